The van der Waals surface area contributed by atoms with E-state index >= 15 is 0 Å². The zero-order valence-corrected chi connectivity index (χ0v) is 16.4. The summed E-state index contributed by atoms with van der Waals surface area (Å²) in [6.07, 6.45) is 17.4. The van der Waals surface area contributed by atoms with Crippen LogP contribution >= 0.6 is 0 Å². The summed E-state index contributed by atoms with van der Waals surface area (Å²) in [6.45, 7) is 6.94. The second-order valence-corrected chi connectivity index (χ2v) is 8.91. The van der Waals surface area contributed by atoms with Gasteiger partial charge in [0, 0.05) is 0 Å². The maximum atomic E-state index is 12.5. The van der Waals surface area contributed by atoms with E-state index in [-0.39, 0.29) is 18.0 Å². The Bertz CT molecular complexity index is 360. The molecule has 0 spiro atoms. The molecule has 0 aliphatic heterocycles. The van der Waals surface area contributed by atoms with Crippen molar-refractivity contribution in [2.75, 3.05) is 0 Å². The molecule has 0 bridgehead atoms. The third-order valence-corrected chi connectivity index (χ3v) is 6.67. The van der Waals surface area contributed by atoms with Crippen molar-refractivity contribution in [2.45, 2.75) is 117 Å². The van der Waals surface area contributed by atoms with Crippen molar-refractivity contribution in [1.82, 2.24) is 0 Å². The molecule has 140 valence electrons. The van der Waals surface area contributed by atoms with Gasteiger partial charge < -0.3 is 4.74 Å². The van der Waals surface area contributed by atoms with Crippen molar-refractivity contribution < 1.29 is 9.53 Å². The molecule has 2 heteroatoms. The van der Waals surface area contributed by atoms with E-state index in [1.807, 2.05) is 0 Å². The van der Waals surface area contributed by atoms with Crippen molar-refractivity contribution in [3.05, 3.63) is 0 Å². The zero-order chi connectivity index (χ0) is 17.4. The largest absolute Gasteiger partial charge is 0.462 e. The van der Waals surface area contributed by atoms with E-state index < -0.39 is 0 Å². The highest BCUT2D eigenvalue weighted by molar-refractivity contribution is 5.72. The van der Waals surface area contributed by atoms with Gasteiger partial charge in [0.05, 0.1) is 5.92 Å². The molecule has 2 rings (SSSR count). The van der Waals surface area contributed by atoms with Gasteiger partial charge in [-0.15, -0.1) is 0 Å². The van der Waals surface area contributed by atoms with E-state index in [9.17, 15) is 4.79 Å². The lowest BCUT2D eigenvalue weighted by Gasteiger charge is -2.37. The average molecular weight is 337 g/mol. The Kier molecular flexibility index (Phi) is 8.10. The van der Waals surface area contributed by atoms with Gasteiger partial charge >= 0.3 is 5.97 Å². The van der Waals surface area contributed by atoms with Gasteiger partial charge in [-0.3, -0.25) is 4.79 Å². The number of unbranched alkanes of at least 4 members (excludes halogenated alkanes) is 2. The van der Waals surface area contributed by atoms with E-state index in [4.69, 9.17) is 4.74 Å². The second-order valence-electron chi connectivity index (χ2n) is 8.91. The maximum Gasteiger partial charge on any atom is 0.309 e. The predicted octanol–water partition coefficient (Wildman–Crippen LogP) is 6.67. The van der Waals surface area contributed by atoms with Crippen molar-refractivity contribution in [3.63, 3.8) is 0 Å². The van der Waals surface area contributed by atoms with Gasteiger partial charge in [0.15, 0.2) is 0 Å². The summed E-state index contributed by atoms with van der Waals surface area (Å²) in [5, 5.41) is 0. The Hall–Kier alpha value is -0.530. The van der Waals surface area contributed by atoms with Gasteiger partial charge in [-0.05, 0) is 69.1 Å². The van der Waals surface area contributed by atoms with Crippen molar-refractivity contribution in [1.29, 1.82) is 0 Å². The molecule has 0 atom stereocenters. The number of esters is 1. The van der Waals surface area contributed by atoms with Crippen molar-refractivity contribution in [3.8, 4) is 0 Å². The van der Waals surface area contributed by atoms with Crippen LogP contribution in [0.2, 0.25) is 0 Å². The van der Waals surface area contributed by atoms with E-state index in [1.54, 1.807) is 0 Å². The van der Waals surface area contributed by atoms with Gasteiger partial charge in [0.1, 0.15) is 6.10 Å². The smallest absolute Gasteiger partial charge is 0.309 e. The Morgan fingerprint density at radius 2 is 1.62 bits per heavy atom. The first-order valence-corrected chi connectivity index (χ1v) is 10.8. The third-order valence-electron chi connectivity index (χ3n) is 6.67. The number of carbonyl (C=O) groups excluding carboxylic acids is 1. The lowest BCUT2D eigenvalue weighted by Crippen LogP contribution is -2.32. The predicted molar refractivity (Wildman–Crippen MR) is 101 cm³/mol. The van der Waals surface area contributed by atoms with Crippen molar-refractivity contribution >= 4 is 5.97 Å². The first-order valence-electron chi connectivity index (χ1n) is 10.8. The van der Waals surface area contributed by atoms with E-state index in [0.717, 1.165) is 31.6 Å². The molecular formula is C22H40O2. The summed E-state index contributed by atoms with van der Waals surface area (Å²) in [6, 6.07) is 0. The van der Waals surface area contributed by atoms with Crippen LogP contribution in [0.25, 0.3) is 0 Å². The summed E-state index contributed by atoms with van der Waals surface area (Å²) in [7, 11) is 0. The minimum atomic E-state index is 0.114. The van der Waals surface area contributed by atoms with Crippen LogP contribution in [0.3, 0.4) is 0 Å². The number of rotatable bonds is 8. The van der Waals surface area contributed by atoms with Crippen LogP contribution in [0.1, 0.15) is 111 Å². The quantitative estimate of drug-likeness (QED) is 0.365. The highest BCUT2D eigenvalue weighted by Gasteiger charge is 2.35. The van der Waals surface area contributed by atoms with Crippen LogP contribution in [0.15, 0.2) is 0 Å². The molecule has 0 radical (unpaired) electrons. The van der Waals surface area contributed by atoms with Gasteiger partial charge in [-0.25, -0.2) is 0 Å². The fraction of sp³-hybridized carbons (Fsp3) is 0.955. The minimum Gasteiger partial charge on any atom is -0.462 e. The molecular weight excluding hydrogens is 296 g/mol. The summed E-state index contributed by atoms with van der Waals surface area (Å²) in [4.78, 5) is 12.5. The standard InChI is InChI=1S/C22H40O2/c1-4-6-7-8-18-9-11-20(12-10-18)24-21(23)19-13-16-22(3,15-5-2)17-14-19/h18-20H,4-17H2,1-3H3/t18?,19-,20?,22+. The topological polar surface area (TPSA) is 26.3 Å². The lowest BCUT2D eigenvalue weighted by atomic mass is 9.69. The molecule has 0 N–H and O–H groups in total. The third kappa shape index (κ3) is 6.08. The van der Waals surface area contributed by atoms with Crippen LogP contribution in [-0.2, 0) is 9.53 Å². The average Bonchev–Trinajstić information content (AvgIpc) is 2.57. The molecule has 2 aliphatic rings. The van der Waals surface area contributed by atoms with Crippen LogP contribution in [0.4, 0.5) is 0 Å². The molecule has 2 aliphatic carbocycles. The first-order chi connectivity index (χ1) is 11.6. The molecule has 0 amide bonds. The van der Waals surface area contributed by atoms with E-state index in [1.165, 1.54) is 64.2 Å². The molecule has 0 aromatic heterocycles. The molecule has 2 nitrogen and oxygen atoms in total. The fourth-order valence-corrected chi connectivity index (χ4v) is 4.89. The molecule has 0 unspecified atom stereocenters. The molecule has 0 aromatic rings. The molecule has 24 heavy (non-hydrogen) atoms. The van der Waals surface area contributed by atoms with Crippen molar-refractivity contribution in [2.24, 2.45) is 17.3 Å². The van der Waals surface area contributed by atoms with E-state index in [0.29, 0.717) is 5.41 Å². The molecule has 0 heterocycles. The van der Waals surface area contributed by atoms with Crippen LogP contribution in [0, 0.1) is 17.3 Å². The zero-order valence-electron chi connectivity index (χ0n) is 16.4. The molecule has 0 saturated heterocycles. The Balaban J connectivity index is 1.65. The number of ether oxygens (including phenoxy) is 1. The monoisotopic (exact) mass is 336 g/mol. The summed E-state index contributed by atoms with van der Waals surface area (Å²) in [5.41, 5.74) is 0.474. The van der Waals surface area contributed by atoms with E-state index in [2.05, 4.69) is 20.8 Å². The van der Waals surface area contributed by atoms with Gasteiger partial charge in [0.2, 0.25) is 0 Å². The molecule has 2 saturated carbocycles. The second kappa shape index (κ2) is 9.82. The normalized spacial score (nSPS) is 34.0. The SMILES string of the molecule is CCCCCC1CCC(OC(=O)[C@H]2CC[C@@](C)(CCC)CC2)CC1. The summed E-state index contributed by atoms with van der Waals surface area (Å²) < 4.78 is 5.89. The summed E-state index contributed by atoms with van der Waals surface area (Å²) in [5.74, 6) is 1.18. The minimum absolute atomic E-state index is 0.114. The van der Waals surface area contributed by atoms with Crippen LogP contribution < -0.4 is 0 Å². The van der Waals surface area contributed by atoms with Gasteiger partial charge in [-0.1, -0.05) is 52.9 Å². The Labute approximate surface area is 150 Å². The van der Waals surface area contributed by atoms with Crippen LogP contribution in [-0.4, -0.2) is 12.1 Å². The van der Waals surface area contributed by atoms with Gasteiger partial charge in [-0.2, -0.15) is 0 Å². The Morgan fingerprint density at radius 3 is 2.21 bits per heavy atom. The number of carbonyl (C=O) groups is 1. The Morgan fingerprint density at radius 1 is 0.958 bits per heavy atom. The molecule has 0 aromatic carbocycles. The maximum absolute atomic E-state index is 12.5. The summed E-state index contributed by atoms with van der Waals surface area (Å²) >= 11 is 0. The number of hydrogen-bond acceptors (Lipinski definition) is 2. The number of hydrogen-bond donors (Lipinski definition) is 0. The highest BCUT2D eigenvalue weighted by atomic mass is 16.5. The highest BCUT2D eigenvalue weighted by Crippen LogP contribution is 2.42. The molecule has 2 fully saturated rings. The van der Waals surface area contributed by atoms with Crippen LogP contribution in [0.5, 0.6) is 0 Å². The lowest BCUT2D eigenvalue weighted by molar-refractivity contribution is -0.158. The first kappa shape index (κ1) is 19.8. The fourth-order valence-electron chi connectivity index (χ4n) is 4.89. The van der Waals surface area contributed by atoms with Gasteiger partial charge in [0.25, 0.3) is 0 Å².